The fourth-order valence-electron chi connectivity index (χ4n) is 5.77. The van der Waals surface area contributed by atoms with Crippen LogP contribution in [0, 0.1) is 5.41 Å². The largest absolute Gasteiger partial charge is 0.457 e. The topological polar surface area (TPSA) is 35.5 Å². The Morgan fingerprint density at radius 3 is 2.43 bits per heavy atom. The zero-order valence-corrected chi connectivity index (χ0v) is 22.6. The number of halogens is 1. The average molecular weight is 499 g/mol. The van der Waals surface area contributed by atoms with Crippen molar-refractivity contribution in [2.45, 2.75) is 77.6 Å². The number of rotatable bonds is 10. The molecule has 0 aromatic heterocycles. The Kier molecular flexibility index (Phi) is 8.12. The van der Waals surface area contributed by atoms with Crippen LogP contribution in [0.5, 0.6) is 11.5 Å². The molecule has 0 radical (unpaired) electrons. The van der Waals surface area contributed by atoms with Gasteiger partial charge in [-0.3, -0.25) is 9.28 Å². The second-order valence-corrected chi connectivity index (χ2v) is 11.9. The third-order valence-corrected chi connectivity index (χ3v) is 8.12. The Morgan fingerprint density at radius 2 is 1.66 bits per heavy atom. The molecule has 3 atom stereocenters. The number of unbranched alkanes of at least 4 members (excludes halogenated alkanes) is 5. The Labute approximate surface area is 216 Å². The van der Waals surface area contributed by atoms with Gasteiger partial charge in [-0.25, -0.2) is 0 Å². The Balaban J connectivity index is 1.43. The molecular formula is C30H41ClNO3+. The molecule has 1 saturated heterocycles. The van der Waals surface area contributed by atoms with E-state index in [1.807, 2.05) is 44.2 Å². The van der Waals surface area contributed by atoms with E-state index in [1.54, 1.807) is 0 Å². The first-order chi connectivity index (χ1) is 16.7. The predicted molar refractivity (Wildman–Crippen MR) is 142 cm³/mol. The van der Waals surface area contributed by atoms with Crippen LogP contribution in [0.3, 0.4) is 0 Å². The molecule has 0 spiro atoms. The Bertz CT molecular complexity index is 1040. The van der Waals surface area contributed by atoms with Gasteiger partial charge < -0.3 is 9.47 Å². The smallest absolute Gasteiger partial charge is 0.315 e. The van der Waals surface area contributed by atoms with Crippen molar-refractivity contribution in [1.82, 2.24) is 0 Å². The molecule has 190 valence electrons. The number of fused-ring (bicyclic) bond motifs is 5. The van der Waals surface area contributed by atoms with Gasteiger partial charge >= 0.3 is 5.97 Å². The maximum atomic E-state index is 13.1. The van der Waals surface area contributed by atoms with Crippen molar-refractivity contribution < 1.29 is 18.8 Å². The molecule has 0 saturated carbocycles. The van der Waals surface area contributed by atoms with Gasteiger partial charge in [0.15, 0.2) is 0 Å². The SMILES string of the molecule is CCCCCCCCC(C)(C)C(=O)OC[N+]1(C)CC2c3ccccc3Oc3ccc(Cl)cc3C2C1. The summed E-state index contributed by atoms with van der Waals surface area (Å²) < 4.78 is 13.0. The molecule has 2 heterocycles. The summed E-state index contributed by atoms with van der Waals surface area (Å²) in [5, 5.41) is 0.723. The first-order valence-corrected chi connectivity index (χ1v) is 13.7. The average Bonchev–Trinajstić information content (AvgIpc) is 3.13. The molecule has 5 heteroatoms. The third-order valence-electron chi connectivity index (χ3n) is 7.89. The van der Waals surface area contributed by atoms with Crippen LogP contribution in [0.15, 0.2) is 42.5 Å². The number of carbonyl (C=O) groups excluding carboxylic acids is 1. The first-order valence-electron chi connectivity index (χ1n) is 13.3. The number of likely N-dealkylation sites (tertiary alicyclic amines) is 1. The van der Waals surface area contributed by atoms with E-state index in [1.165, 1.54) is 37.7 Å². The molecule has 0 bridgehead atoms. The van der Waals surface area contributed by atoms with Gasteiger partial charge in [0.25, 0.3) is 0 Å². The number of hydrogen-bond acceptors (Lipinski definition) is 3. The molecule has 35 heavy (non-hydrogen) atoms. The summed E-state index contributed by atoms with van der Waals surface area (Å²) in [6.45, 7) is 8.45. The molecule has 0 aliphatic carbocycles. The maximum absolute atomic E-state index is 13.1. The lowest BCUT2D eigenvalue weighted by Crippen LogP contribution is -2.45. The molecule has 3 unspecified atom stereocenters. The fraction of sp³-hybridized carbons (Fsp3) is 0.567. The number of nitrogens with zero attached hydrogens (tertiary/aromatic N) is 1. The second-order valence-electron chi connectivity index (χ2n) is 11.5. The van der Waals surface area contributed by atoms with E-state index in [0.717, 1.165) is 48.0 Å². The number of carbonyl (C=O) groups is 1. The van der Waals surface area contributed by atoms with E-state index < -0.39 is 5.41 Å². The fourth-order valence-corrected chi connectivity index (χ4v) is 5.95. The van der Waals surface area contributed by atoms with Gasteiger partial charge in [-0.15, -0.1) is 0 Å². The number of para-hydroxylation sites is 1. The maximum Gasteiger partial charge on any atom is 0.315 e. The van der Waals surface area contributed by atoms with Gasteiger partial charge in [-0.05, 0) is 44.5 Å². The van der Waals surface area contributed by atoms with E-state index in [4.69, 9.17) is 21.1 Å². The lowest BCUT2D eigenvalue weighted by molar-refractivity contribution is -0.915. The van der Waals surface area contributed by atoms with E-state index in [2.05, 4.69) is 26.1 Å². The van der Waals surface area contributed by atoms with Gasteiger partial charge in [0.2, 0.25) is 6.73 Å². The summed E-state index contributed by atoms with van der Waals surface area (Å²) in [4.78, 5) is 13.1. The normalized spacial score (nSPS) is 23.0. The number of likely N-dealkylation sites (N-methyl/N-ethyl adjacent to an activating group) is 1. The van der Waals surface area contributed by atoms with Crippen molar-refractivity contribution in [3.8, 4) is 11.5 Å². The summed E-state index contributed by atoms with van der Waals surface area (Å²) in [6.07, 6.45) is 8.26. The van der Waals surface area contributed by atoms with Gasteiger partial charge in [0, 0.05) is 28.0 Å². The predicted octanol–water partition coefficient (Wildman–Crippen LogP) is 8.05. The Morgan fingerprint density at radius 1 is 1.00 bits per heavy atom. The lowest BCUT2D eigenvalue weighted by atomic mass is 9.84. The highest BCUT2D eigenvalue weighted by Gasteiger charge is 2.48. The molecule has 2 aromatic rings. The molecule has 0 amide bonds. The van der Waals surface area contributed by atoms with Gasteiger partial charge in [0.05, 0.1) is 25.6 Å². The Hall–Kier alpha value is -2.04. The van der Waals surface area contributed by atoms with E-state index in [-0.39, 0.29) is 17.8 Å². The van der Waals surface area contributed by atoms with Gasteiger partial charge in [-0.2, -0.15) is 0 Å². The third kappa shape index (κ3) is 6.03. The van der Waals surface area contributed by atoms with E-state index in [9.17, 15) is 4.79 Å². The molecule has 4 nitrogen and oxygen atoms in total. The lowest BCUT2D eigenvalue weighted by Gasteiger charge is -2.31. The van der Waals surface area contributed by atoms with Crippen LogP contribution >= 0.6 is 11.6 Å². The van der Waals surface area contributed by atoms with Crippen molar-refractivity contribution in [2.24, 2.45) is 5.41 Å². The quantitative estimate of drug-likeness (QED) is 0.189. The standard InChI is InChI=1S/C30H41ClNO3/c1-5-6-7-8-9-12-17-30(2,3)29(33)34-21-32(4)19-25-23-13-10-11-14-27(23)35-28-16-15-22(31)18-24(28)26(25)20-32/h10-11,13-16,18,25-26H,5-9,12,17,19-21H2,1-4H3/q+1. The van der Waals surface area contributed by atoms with Crippen LogP contribution in [0.1, 0.15) is 88.7 Å². The minimum absolute atomic E-state index is 0.0790. The number of benzene rings is 2. The number of ether oxygens (including phenoxy) is 2. The van der Waals surface area contributed by atoms with Crippen molar-refractivity contribution in [3.63, 3.8) is 0 Å². The minimum atomic E-state index is -0.450. The number of quaternary nitrogens is 1. The molecule has 1 fully saturated rings. The van der Waals surface area contributed by atoms with Crippen molar-refractivity contribution in [2.75, 3.05) is 26.9 Å². The molecule has 2 aliphatic rings. The number of esters is 1. The summed E-state index contributed by atoms with van der Waals surface area (Å²) in [6, 6.07) is 14.2. The van der Waals surface area contributed by atoms with Crippen LogP contribution in [-0.4, -0.2) is 37.3 Å². The van der Waals surface area contributed by atoms with Crippen LogP contribution in [0.4, 0.5) is 0 Å². The second kappa shape index (κ2) is 10.9. The highest BCUT2D eigenvalue weighted by atomic mass is 35.5. The summed E-state index contributed by atoms with van der Waals surface area (Å²) in [7, 11) is 2.20. The summed E-state index contributed by atoms with van der Waals surface area (Å²) in [5.41, 5.74) is 1.92. The molecule has 0 N–H and O–H groups in total. The summed E-state index contributed by atoms with van der Waals surface area (Å²) >= 11 is 6.40. The molecule has 2 aromatic carbocycles. The highest BCUT2D eigenvalue weighted by molar-refractivity contribution is 6.30. The van der Waals surface area contributed by atoms with E-state index >= 15 is 0 Å². The van der Waals surface area contributed by atoms with Gasteiger partial charge in [-0.1, -0.05) is 75.2 Å². The van der Waals surface area contributed by atoms with Crippen LogP contribution in [0.2, 0.25) is 5.02 Å². The molecule has 4 rings (SSSR count). The molecule has 2 aliphatic heterocycles. The van der Waals surface area contributed by atoms with Crippen LogP contribution in [-0.2, 0) is 9.53 Å². The zero-order chi connectivity index (χ0) is 25.1. The molecular weight excluding hydrogens is 458 g/mol. The van der Waals surface area contributed by atoms with Gasteiger partial charge in [0.1, 0.15) is 11.5 Å². The highest BCUT2D eigenvalue weighted by Crippen LogP contribution is 2.51. The summed E-state index contributed by atoms with van der Waals surface area (Å²) in [5.74, 6) is 2.25. The first kappa shape index (κ1) is 26.0. The van der Waals surface area contributed by atoms with Crippen molar-refractivity contribution in [3.05, 3.63) is 58.6 Å². The van der Waals surface area contributed by atoms with Crippen molar-refractivity contribution in [1.29, 1.82) is 0 Å². The van der Waals surface area contributed by atoms with Crippen molar-refractivity contribution >= 4 is 17.6 Å². The zero-order valence-electron chi connectivity index (χ0n) is 21.8. The van der Waals surface area contributed by atoms with E-state index in [0.29, 0.717) is 11.2 Å². The number of hydrogen-bond donors (Lipinski definition) is 0. The minimum Gasteiger partial charge on any atom is -0.457 e. The van der Waals surface area contributed by atoms with Crippen LogP contribution in [0.25, 0.3) is 0 Å². The van der Waals surface area contributed by atoms with Crippen LogP contribution < -0.4 is 4.74 Å². The monoisotopic (exact) mass is 498 g/mol.